The second-order valence-electron chi connectivity index (χ2n) is 3.73. The molecule has 0 heterocycles. The Morgan fingerprint density at radius 2 is 1.33 bits per heavy atom. The van der Waals surface area contributed by atoms with E-state index in [1.165, 1.54) is 0 Å². The first-order chi connectivity index (χ1) is 5.69. The molecule has 2 aliphatic rings. The van der Waals surface area contributed by atoms with Crippen LogP contribution >= 0.6 is 23.5 Å². The predicted octanol–water partition coefficient (Wildman–Crippen LogP) is 2.35. The molecular formula is C9H14OS2. The van der Waals surface area contributed by atoms with E-state index in [2.05, 4.69) is 12.5 Å². The summed E-state index contributed by atoms with van der Waals surface area (Å²) in [4.78, 5) is 12.0. The number of Topliss-reactive ketones (excluding diaryl/α,β-unsaturated/α-hetero) is 1. The van der Waals surface area contributed by atoms with Gasteiger partial charge in [0.05, 0.1) is 9.49 Å². The highest BCUT2D eigenvalue weighted by Crippen LogP contribution is 2.58. The Hall–Kier alpha value is 0.370. The van der Waals surface area contributed by atoms with Crippen LogP contribution in [-0.2, 0) is 4.79 Å². The van der Waals surface area contributed by atoms with Crippen molar-refractivity contribution in [3.05, 3.63) is 0 Å². The number of hydrogen-bond acceptors (Lipinski definition) is 3. The van der Waals surface area contributed by atoms with Crippen molar-refractivity contribution in [2.24, 2.45) is 0 Å². The normalized spacial score (nSPS) is 28.2. The maximum atomic E-state index is 12.0. The molecule has 0 spiro atoms. The van der Waals surface area contributed by atoms with Gasteiger partial charge in [-0.05, 0) is 38.2 Å². The minimum atomic E-state index is 0.0551. The SMILES string of the molecule is CSC1(C(=O)C2(SC)CC2)CC1. The topological polar surface area (TPSA) is 17.1 Å². The van der Waals surface area contributed by atoms with Crippen LogP contribution in [0, 0.1) is 0 Å². The summed E-state index contributed by atoms with van der Waals surface area (Å²) in [6, 6.07) is 0. The third kappa shape index (κ3) is 1.13. The van der Waals surface area contributed by atoms with Gasteiger partial charge in [-0.25, -0.2) is 0 Å². The number of rotatable bonds is 4. The molecule has 0 bridgehead atoms. The van der Waals surface area contributed by atoms with E-state index in [9.17, 15) is 4.79 Å². The van der Waals surface area contributed by atoms with Crippen molar-refractivity contribution < 1.29 is 4.79 Å². The molecule has 0 N–H and O–H groups in total. The molecule has 0 aromatic carbocycles. The highest BCUT2D eigenvalue weighted by atomic mass is 32.2. The fraction of sp³-hybridized carbons (Fsp3) is 0.889. The summed E-state index contributed by atoms with van der Waals surface area (Å²) in [6.07, 6.45) is 8.62. The second-order valence-corrected chi connectivity index (χ2v) is 6.11. The van der Waals surface area contributed by atoms with Crippen LogP contribution < -0.4 is 0 Å². The van der Waals surface area contributed by atoms with Crippen molar-refractivity contribution in [3.63, 3.8) is 0 Å². The van der Waals surface area contributed by atoms with E-state index in [4.69, 9.17) is 0 Å². The summed E-state index contributed by atoms with van der Waals surface area (Å²) >= 11 is 3.53. The summed E-state index contributed by atoms with van der Waals surface area (Å²) in [7, 11) is 0. The third-order valence-electron chi connectivity index (χ3n) is 3.02. The van der Waals surface area contributed by atoms with E-state index in [0.717, 1.165) is 25.7 Å². The molecule has 12 heavy (non-hydrogen) atoms. The van der Waals surface area contributed by atoms with E-state index < -0.39 is 0 Å². The van der Waals surface area contributed by atoms with E-state index in [1.54, 1.807) is 23.5 Å². The monoisotopic (exact) mass is 202 g/mol. The quantitative estimate of drug-likeness (QED) is 0.696. The van der Waals surface area contributed by atoms with Gasteiger partial charge in [0.15, 0.2) is 5.78 Å². The van der Waals surface area contributed by atoms with Gasteiger partial charge in [-0.1, -0.05) is 0 Å². The lowest BCUT2D eigenvalue weighted by molar-refractivity contribution is -0.119. The number of ketones is 1. The number of carbonyl (C=O) groups is 1. The number of thioether (sulfide) groups is 2. The zero-order valence-electron chi connectivity index (χ0n) is 7.55. The summed E-state index contributed by atoms with van der Waals surface area (Å²) < 4.78 is 0.110. The highest BCUT2D eigenvalue weighted by molar-refractivity contribution is 8.02. The summed E-state index contributed by atoms with van der Waals surface area (Å²) in [5, 5.41) is 0. The average molecular weight is 202 g/mol. The Balaban J connectivity index is 2.10. The first-order valence-electron chi connectivity index (χ1n) is 4.34. The highest BCUT2D eigenvalue weighted by Gasteiger charge is 2.61. The van der Waals surface area contributed by atoms with Gasteiger partial charge in [0, 0.05) is 0 Å². The van der Waals surface area contributed by atoms with Crippen LogP contribution in [0.1, 0.15) is 25.7 Å². The van der Waals surface area contributed by atoms with E-state index in [-0.39, 0.29) is 9.49 Å². The van der Waals surface area contributed by atoms with Crippen molar-refractivity contribution in [3.8, 4) is 0 Å². The van der Waals surface area contributed by atoms with Gasteiger partial charge < -0.3 is 0 Å². The summed E-state index contributed by atoms with van der Waals surface area (Å²) in [6.45, 7) is 0. The molecule has 0 aliphatic heterocycles. The maximum absolute atomic E-state index is 12.0. The molecule has 2 saturated carbocycles. The molecule has 0 amide bonds. The Morgan fingerprint density at radius 3 is 1.50 bits per heavy atom. The minimum Gasteiger partial charge on any atom is -0.297 e. The van der Waals surface area contributed by atoms with Gasteiger partial charge >= 0.3 is 0 Å². The average Bonchev–Trinajstić information content (AvgIpc) is 3.00. The van der Waals surface area contributed by atoms with Crippen LogP contribution in [0.15, 0.2) is 0 Å². The molecule has 3 heteroatoms. The molecule has 0 saturated heterocycles. The Labute approximate surface area is 82.1 Å². The van der Waals surface area contributed by atoms with E-state index >= 15 is 0 Å². The van der Waals surface area contributed by atoms with Gasteiger partial charge in [-0.15, -0.1) is 0 Å². The Bertz CT molecular complexity index is 195. The molecule has 0 unspecified atom stereocenters. The van der Waals surface area contributed by atoms with Gasteiger partial charge in [0.1, 0.15) is 0 Å². The lowest BCUT2D eigenvalue weighted by atomic mass is 10.1. The first-order valence-corrected chi connectivity index (χ1v) is 6.79. The molecule has 2 fully saturated rings. The van der Waals surface area contributed by atoms with Gasteiger partial charge in [0.2, 0.25) is 0 Å². The maximum Gasteiger partial charge on any atom is 0.164 e. The molecule has 68 valence electrons. The lowest BCUT2D eigenvalue weighted by Crippen LogP contribution is -2.30. The molecule has 1 nitrogen and oxygen atoms in total. The van der Waals surface area contributed by atoms with Crippen molar-refractivity contribution in [1.82, 2.24) is 0 Å². The lowest BCUT2D eigenvalue weighted by Gasteiger charge is -2.17. The smallest absolute Gasteiger partial charge is 0.164 e. The standard InChI is InChI=1S/C9H14OS2/c1-11-8(3-4-8)7(10)9(12-2)5-6-9/h3-6H2,1-2H3. The van der Waals surface area contributed by atoms with Crippen LogP contribution in [0.5, 0.6) is 0 Å². The van der Waals surface area contributed by atoms with E-state index in [0.29, 0.717) is 5.78 Å². The van der Waals surface area contributed by atoms with Gasteiger partial charge in [-0.3, -0.25) is 4.79 Å². The Morgan fingerprint density at radius 1 is 1.00 bits per heavy atom. The van der Waals surface area contributed by atoms with Crippen LogP contribution in [0.2, 0.25) is 0 Å². The third-order valence-corrected chi connectivity index (χ3v) is 5.77. The van der Waals surface area contributed by atoms with Gasteiger partial charge in [-0.2, -0.15) is 23.5 Å². The van der Waals surface area contributed by atoms with Gasteiger partial charge in [0.25, 0.3) is 0 Å². The number of carbonyl (C=O) groups excluding carboxylic acids is 1. The van der Waals surface area contributed by atoms with Crippen molar-refractivity contribution in [2.75, 3.05) is 12.5 Å². The zero-order valence-corrected chi connectivity index (χ0v) is 9.19. The molecule has 2 aliphatic carbocycles. The van der Waals surface area contributed by atoms with Crippen LogP contribution in [0.3, 0.4) is 0 Å². The van der Waals surface area contributed by atoms with Crippen LogP contribution in [0.4, 0.5) is 0 Å². The van der Waals surface area contributed by atoms with Crippen LogP contribution in [-0.4, -0.2) is 27.8 Å². The summed E-state index contributed by atoms with van der Waals surface area (Å²) in [5.41, 5.74) is 0. The van der Waals surface area contributed by atoms with Crippen molar-refractivity contribution in [1.29, 1.82) is 0 Å². The van der Waals surface area contributed by atoms with E-state index in [1.807, 2.05) is 0 Å². The fourth-order valence-electron chi connectivity index (χ4n) is 1.69. The van der Waals surface area contributed by atoms with Crippen molar-refractivity contribution >= 4 is 29.3 Å². The number of hydrogen-bond donors (Lipinski definition) is 0. The molecule has 0 aromatic heterocycles. The molecule has 0 radical (unpaired) electrons. The Kier molecular flexibility index (Phi) is 2.00. The van der Waals surface area contributed by atoms with Crippen molar-refractivity contribution in [2.45, 2.75) is 35.2 Å². The van der Waals surface area contributed by atoms with Crippen LogP contribution in [0.25, 0.3) is 0 Å². The molecule has 2 rings (SSSR count). The largest absolute Gasteiger partial charge is 0.297 e. The second kappa shape index (κ2) is 2.68. The summed E-state index contributed by atoms with van der Waals surface area (Å²) in [5.74, 6) is 0.537. The fourth-order valence-corrected chi connectivity index (χ4v) is 3.54. The molecule has 0 atom stereocenters. The predicted molar refractivity (Wildman–Crippen MR) is 56.0 cm³/mol. The molecular weight excluding hydrogens is 188 g/mol. The molecule has 0 aromatic rings. The first kappa shape index (κ1) is 8.95. The zero-order chi connectivity index (χ0) is 8.82. The minimum absolute atomic E-state index is 0.0551.